The number of halogens is 2. The van der Waals surface area contributed by atoms with Crippen LogP contribution in [0.5, 0.6) is 0 Å². The van der Waals surface area contributed by atoms with Crippen molar-refractivity contribution in [2.45, 2.75) is 12.5 Å². The van der Waals surface area contributed by atoms with Crippen molar-refractivity contribution in [3.63, 3.8) is 0 Å². The van der Waals surface area contributed by atoms with E-state index >= 15 is 0 Å². The van der Waals surface area contributed by atoms with Crippen molar-refractivity contribution in [3.05, 3.63) is 69.2 Å². The lowest BCUT2D eigenvalue weighted by molar-refractivity contribution is 0.0654. The molecule has 22 heavy (non-hydrogen) atoms. The standard InChI is InChI=1S/C17H16Cl2N2O/c18-12-5-6-14(15(19)10-12)16-9-11-3-1-2-4-13(11)17(22)21(16)8-7-20/h1-6,10,16H,7-9,20H2. The molecule has 0 saturated carbocycles. The highest BCUT2D eigenvalue weighted by molar-refractivity contribution is 6.35. The average molecular weight is 335 g/mol. The zero-order chi connectivity index (χ0) is 15.7. The Bertz CT molecular complexity index is 718. The van der Waals surface area contributed by atoms with Gasteiger partial charge in [0.1, 0.15) is 0 Å². The third-order valence-corrected chi connectivity index (χ3v) is 4.55. The zero-order valence-electron chi connectivity index (χ0n) is 11.9. The Morgan fingerprint density at radius 3 is 2.68 bits per heavy atom. The highest BCUT2D eigenvalue weighted by Gasteiger charge is 2.33. The van der Waals surface area contributed by atoms with Gasteiger partial charge in [0, 0.05) is 28.7 Å². The molecule has 0 saturated heterocycles. The maximum Gasteiger partial charge on any atom is 0.254 e. The fourth-order valence-corrected chi connectivity index (χ4v) is 3.50. The largest absolute Gasteiger partial charge is 0.330 e. The summed E-state index contributed by atoms with van der Waals surface area (Å²) in [6.45, 7) is 0.909. The van der Waals surface area contributed by atoms with Crippen LogP contribution in [0.3, 0.4) is 0 Å². The van der Waals surface area contributed by atoms with Crippen molar-refractivity contribution < 1.29 is 4.79 Å². The summed E-state index contributed by atoms with van der Waals surface area (Å²) in [5.74, 6) is 0.00307. The first-order chi connectivity index (χ1) is 10.6. The van der Waals surface area contributed by atoms with E-state index in [0.29, 0.717) is 23.1 Å². The molecule has 2 aromatic carbocycles. The minimum absolute atomic E-state index is 0.00307. The van der Waals surface area contributed by atoms with E-state index in [1.54, 1.807) is 17.0 Å². The number of carbonyl (C=O) groups excluding carboxylic acids is 1. The Kier molecular flexibility index (Phi) is 4.39. The lowest BCUT2D eigenvalue weighted by atomic mass is 9.89. The first-order valence-electron chi connectivity index (χ1n) is 7.15. The molecule has 5 heteroatoms. The molecule has 1 atom stereocenters. The van der Waals surface area contributed by atoms with Crippen LogP contribution in [0.4, 0.5) is 0 Å². The molecule has 0 aliphatic carbocycles. The normalized spacial score (nSPS) is 17.5. The topological polar surface area (TPSA) is 46.3 Å². The van der Waals surface area contributed by atoms with Crippen molar-refractivity contribution in [1.29, 1.82) is 0 Å². The van der Waals surface area contributed by atoms with E-state index in [4.69, 9.17) is 28.9 Å². The fraction of sp³-hybridized carbons (Fsp3) is 0.235. The van der Waals surface area contributed by atoms with Gasteiger partial charge in [0.15, 0.2) is 0 Å². The summed E-state index contributed by atoms with van der Waals surface area (Å²) in [5.41, 5.74) is 8.39. The smallest absolute Gasteiger partial charge is 0.254 e. The SMILES string of the molecule is NCCN1C(=O)c2ccccc2CC1c1ccc(Cl)cc1Cl. The van der Waals surface area contributed by atoms with E-state index in [2.05, 4.69) is 0 Å². The minimum Gasteiger partial charge on any atom is -0.330 e. The second-order valence-electron chi connectivity index (χ2n) is 5.33. The van der Waals surface area contributed by atoms with E-state index in [0.717, 1.165) is 23.1 Å². The number of hydrogen-bond acceptors (Lipinski definition) is 2. The lowest BCUT2D eigenvalue weighted by Crippen LogP contribution is -2.43. The van der Waals surface area contributed by atoms with E-state index < -0.39 is 0 Å². The van der Waals surface area contributed by atoms with E-state index in [1.807, 2.05) is 30.3 Å². The van der Waals surface area contributed by atoms with Gasteiger partial charge in [-0.25, -0.2) is 0 Å². The van der Waals surface area contributed by atoms with Crippen molar-refractivity contribution in [2.75, 3.05) is 13.1 Å². The average Bonchev–Trinajstić information content (AvgIpc) is 2.50. The minimum atomic E-state index is -0.115. The highest BCUT2D eigenvalue weighted by Crippen LogP contribution is 2.36. The molecule has 114 valence electrons. The van der Waals surface area contributed by atoms with E-state index in [9.17, 15) is 4.79 Å². The molecule has 0 spiro atoms. The van der Waals surface area contributed by atoms with Crippen LogP contribution in [-0.4, -0.2) is 23.9 Å². The predicted octanol–water partition coefficient (Wildman–Crippen LogP) is 3.69. The molecule has 1 unspecified atom stereocenters. The van der Waals surface area contributed by atoms with Crippen LogP contribution in [0.15, 0.2) is 42.5 Å². The molecule has 0 fully saturated rings. The molecule has 0 bridgehead atoms. The molecule has 0 aromatic heterocycles. The summed E-state index contributed by atoms with van der Waals surface area (Å²) < 4.78 is 0. The van der Waals surface area contributed by atoms with Gasteiger partial charge in [0.2, 0.25) is 0 Å². The maximum atomic E-state index is 12.8. The zero-order valence-corrected chi connectivity index (χ0v) is 13.4. The number of benzene rings is 2. The molecule has 1 aliphatic heterocycles. The quantitative estimate of drug-likeness (QED) is 0.930. The van der Waals surface area contributed by atoms with E-state index in [-0.39, 0.29) is 11.9 Å². The van der Waals surface area contributed by atoms with Crippen LogP contribution in [0.1, 0.15) is 27.5 Å². The van der Waals surface area contributed by atoms with Gasteiger partial charge >= 0.3 is 0 Å². The summed E-state index contributed by atoms with van der Waals surface area (Å²) in [6.07, 6.45) is 0.725. The Balaban J connectivity index is 2.07. The second kappa shape index (κ2) is 6.29. The number of hydrogen-bond donors (Lipinski definition) is 1. The second-order valence-corrected chi connectivity index (χ2v) is 6.17. The van der Waals surface area contributed by atoms with Gasteiger partial charge in [-0.1, -0.05) is 47.5 Å². The first-order valence-corrected chi connectivity index (χ1v) is 7.91. The molecule has 3 nitrogen and oxygen atoms in total. The molecule has 3 rings (SSSR count). The summed E-state index contributed by atoms with van der Waals surface area (Å²) >= 11 is 12.3. The van der Waals surface area contributed by atoms with Crippen molar-refractivity contribution in [3.8, 4) is 0 Å². The van der Waals surface area contributed by atoms with Gasteiger partial charge < -0.3 is 10.6 Å². The number of amides is 1. The van der Waals surface area contributed by atoms with Crippen LogP contribution in [0.25, 0.3) is 0 Å². The lowest BCUT2D eigenvalue weighted by Gasteiger charge is -2.37. The Morgan fingerprint density at radius 1 is 1.18 bits per heavy atom. The molecule has 1 aliphatic rings. The molecule has 2 aromatic rings. The van der Waals surface area contributed by atoms with Crippen LogP contribution in [-0.2, 0) is 6.42 Å². The van der Waals surface area contributed by atoms with Crippen LogP contribution < -0.4 is 5.73 Å². The molecule has 1 heterocycles. The first kappa shape index (κ1) is 15.3. The van der Waals surface area contributed by atoms with Gasteiger partial charge in [-0.3, -0.25) is 4.79 Å². The van der Waals surface area contributed by atoms with Crippen LogP contribution >= 0.6 is 23.2 Å². The fourth-order valence-electron chi connectivity index (χ4n) is 2.97. The number of fused-ring (bicyclic) bond motifs is 1. The number of nitrogens with two attached hydrogens (primary N) is 1. The third-order valence-electron chi connectivity index (χ3n) is 3.99. The number of carbonyl (C=O) groups is 1. The Morgan fingerprint density at radius 2 is 1.95 bits per heavy atom. The van der Waals surface area contributed by atoms with Gasteiger partial charge in [0.25, 0.3) is 5.91 Å². The van der Waals surface area contributed by atoms with Gasteiger partial charge in [-0.15, -0.1) is 0 Å². The predicted molar refractivity (Wildman–Crippen MR) is 89.4 cm³/mol. The summed E-state index contributed by atoms with van der Waals surface area (Å²) in [5, 5.41) is 1.16. The van der Waals surface area contributed by atoms with Crippen LogP contribution in [0.2, 0.25) is 10.0 Å². The highest BCUT2D eigenvalue weighted by atomic mass is 35.5. The molecular formula is C17H16Cl2N2O. The Hall–Kier alpha value is -1.55. The molecular weight excluding hydrogens is 319 g/mol. The Labute approximate surface area is 139 Å². The maximum absolute atomic E-state index is 12.8. The van der Waals surface area contributed by atoms with Crippen molar-refractivity contribution in [2.24, 2.45) is 5.73 Å². The van der Waals surface area contributed by atoms with E-state index in [1.165, 1.54) is 0 Å². The van der Waals surface area contributed by atoms with Gasteiger partial charge in [0.05, 0.1) is 6.04 Å². The van der Waals surface area contributed by atoms with Crippen molar-refractivity contribution in [1.82, 2.24) is 4.90 Å². The monoisotopic (exact) mass is 334 g/mol. The van der Waals surface area contributed by atoms with Gasteiger partial charge in [-0.2, -0.15) is 0 Å². The number of rotatable bonds is 3. The van der Waals surface area contributed by atoms with Crippen molar-refractivity contribution >= 4 is 29.1 Å². The number of nitrogens with zero attached hydrogens (tertiary/aromatic N) is 1. The summed E-state index contributed by atoms with van der Waals surface area (Å²) in [4.78, 5) is 14.6. The third kappa shape index (κ3) is 2.72. The molecule has 1 amide bonds. The molecule has 0 radical (unpaired) electrons. The van der Waals surface area contributed by atoms with Crippen LogP contribution in [0, 0.1) is 0 Å². The van der Waals surface area contributed by atoms with Gasteiger partial charge in [-0.05, 0) is 35.7 Å². The summed E-state index contributed by atoms with van der Waals surface area (Å²) in [6, 6.07) is 13.0. The summed E-state index contributed by atoms with van der Waals surface area (Å²) in [7, 11) is 0. The molecule has 2 N–H and O–H groups in total.